The Morgan fingerprint density at radius 2 is 1.85 bits per heavy atom. The number of aliphatic hydroxyl groups is 1. The van der Waals surface area contributed by atoms with Gasteiger partial charge in [0.2, 0.25) is 0 Å². The molecule has 1 heterocycles. The van der Waals surface area contributed by atoms with Crippen molar-refractivity contribution < 1.29 is 22.7 Å². The van der Waals surface area contributed by atoms with Crippen molar-refractivity contribution in [3.63, 3.8) is 0 Å². The van der Waals surface area contributed by atoms with Gasteiger partial charge in [0, 0.05) is 28.0 Å². The lowest BCUT2D eigenvalue weighted by Crippen LogP contribution is -2.14. The van der Waals surface area contributed by atoms with Crippen molar-refractivity contribution in [1.82, 2.24) is 4.98 Å². The molecule has 1 aromatic heterocycles. The third-order valence-electron chi connectivity index (χ3n) is 2.71. The van der Waals surface area contributed by atoms with Crippen molar-refractivity contribution >= 4 is 15.9 Å². The van der Waals surface area contributed by atoms with Gasteiger partial charge in [-0.3, -0.25) is 4.98 Å². The summed E-state index contributed by atoms with van der Waals surface area (Å²) >= 11 is 3.03. The Morgan fingerprint density at radius 3 is 2.45 bits per heavy atom. The fraction of sp³-hybridized carbons (Fsp3) is 0.154. The quantitative estimate of drug-likeness (QED) is 0.828. The van der Waals surface area contributed by atoms with Gasteiger partial charge in [0.25, 0.3) is 0 Å². The van der Waals surface area contributed by atoms with Gasteiger partial charge in [-0.15, -0.1) is 0 Å². The summed E-state index contributed by atoms with van der Waals surface area (Å²) in [6, 6.07) is 4.47. The smallest absolute Gasteiger partial charge is 0.383 e. The summed E-state index contributed by atoms with van der Waals surface area (Å²) in [5, 5.41) is 10.0. The summed E-state index contributed by atoms with van der Waals surface area (Å²) in [4.78, 5) is 3.56. The maximum absolute atomic E-state index is 13.7. The predicted octanol–water partition coefficient (Wildman–Crippen LogP) is 4.08. The van der Waals surface area contributed by atoms with Gasteiger partial charge in [-0.05, 0) is 18.2 Å². The number of alkyl halides is 3. The van der Waals surface area contributed by atoms with E-state index in [1.165, 1.54) is 12.1 Å². The van der Waals surface area contributed by atoms with E-state index in [4.69, 9.17) is 0 Å². The first-order valence-corrected chi connectivity index (χ1v) is 6.24. The molecule has 1 unspecified atom stereocenters. The first-order valence-electron chi connectivity index (χ1n) is 5.45. The number of nitrogens with zero attached hydrogens (tertiary/aromatic N) is 1. The van der Waals surface area contributed by atoms with Gasteiger partial charge in [-0.2, -0.15) is 13.2 Å². The molecule has 106 valence electrons. The van der Waals surface area contributed by atoms with E-state index in [0.29, 0.717) is 4.47 Å². The highest BCUT2D eigenvalue weighted by Crippen LogP contribution is 2.36. The largest absolute Gasteiger partial charge is 0.416 e. The number of benzene rings is 1. The summed E-state index contributed by atoms with van der Waals surface area (Å²) in [6.45, 7) is 0. The van der Waals surface area contributed by atoms with Crippen LogP contribution < -0.4 is 0 Å². The molecule has 0 saturated carbocycles. The molecule has 2 rings (SSSR count). The molecule has 0 radical (unpaired) electrons. The molecule has 0 aliphatic heterocycles. The minimum atomic E-state index is -4.65. The highest BCUT2D eigenvalue weighted by molar-refractivity contribution is 9.10. The second-order valence-corrected chi connectivity index (χ2v) is 4.94. The average Bonchev–Trinajstić information content (AvgIpc) is 2.37. The van der Waals surface area contributed by atoms with Gasteiger partial charge in [-0.1, -0.05) is 22.0 Å². The van der Waals surface area contributed by atoms with Gasteiger partial charge in [0.1, 0.15) is 11.9 Å². The van der Waals surface area contributed by atoms with Gasteiger partial charge < -0.3 is 5.11 Å². The third-order valence-corrected chi connectivity index (χ3v) is 3.20. The topological polar surface area (TPSA) is 33.1 Å². The summed E-state index contributed by atoms with van der Waals surface area (Å²) < 4.78 is 52.7. The third kappa shape index (κ3) is 2.99. The van der Waals surface area contributed by atoms with Crippen molar-refractivity contribution in [3.8, 4) is 0 Å². The van der Waals surface area contributed by atoms with Gasteiger partial charge >= 0.3 is 6.18 Å². The molecule has 0 fully saturated rings. The molecular formula is C13H8BrF4NO. The monoisotopic (exact) mass is 349 g/mol. The minimum Gasteiger partial charge on any atom is -0.383 e. The van der Waals surface area contributed by atoms with Gasteiger partial charge in [0.05, 0.1) is 5.56 Å². The number of halogens is 5. The van der Waals surface area contributed by atoms with Crippen molar-refractivity contribution in [2.75, 3.05) is 0 Å². The molecule has 1 atom stereocenters. The van der Waals surface area contributed by atoms with Crippen LogP contribution in [-0.2, 0) is 6.18 Å². The van der Waals surface area contributed by atoms with Crippen molar-refractivity contribution in [3.05, 3.63) is 63.6 Å². The van der Waals surface area contributed by atoms with E-state index in [9.17, 15) is 22.7 Å². The van der Waals surface area contributed by atoms with Crippen LogP contribution >= 0.6 is 15.9 Å². The molecule has 0 bridgehead atoms. The average molecular weight is 350 g/mol. The molecule has 0 aliphatic rings. The molecule has 2 aromatic rings. The number of hydrogen-bond donors (Lipinski definition) is 1. The fourth-order valence-electron chi connectivity index (χ4n) is 1.77. The first kappa shape index (κ1) is 14.9. The normalized spacial score (nSPS) is 13.3. The lowest BCUT2D eigenvalue weighted by Gasteiger charge is -2.17. The van der Waals surface area contributed by atoms with Crippen LogP contribution in [0.25, 0.3) is 0 Å². The SMILES string of the molecule is OC(c1ccc(Br)cc1F)c1cnccc1C(F)(F)F. The number of hydrogen-bond acceptors (Lipinski definition) is 2. The van der Waals surface area contributed by atoms with Crippen LogP contribution in [0, 0.1) is 5.82 Å². The lowest BCUT2D eigenvalue weighted by atomic mass is 9.98. The van der Waals surface area contributed by atoms with Crippen molar-refractivity contribution in [2.45, 2.75) is 12.3 Å². The van der Waals surface area contributed by atoms with Crippen molar-refractivity contribution in [1.29, 1.82) is 0 Å². The number of aliphatic hydroxyl groups excluding tert-OH is 1. The second kappa shape index (κ2) is 5.49. The van der Waals surface area contributed by atoms with Gasteiger partial charge in [0.15, 0.2) is 0 Å². The van der Waals surface area contributed by atoms with Crippen molar-refractivity contribution in [2.24, 2.45) is 0 Å². The summed E-state index contributed by atoms with van der Waals surface area (Å²) in [5.74, 6) is -0.802. The zero-order valence-corrected chi connectivity index (χ0v) is 11.4. The Bertz CT molecular complexity index is 630. The molecule has 1 N–H and O–H groups in total. The van der Waals surface area contributed by atoms with Crippen LogP contribution in [0.3, 0.4) is 0 Å². The Labute approximate surface area is 120 Å². The van der Waals surface area contributed by atoms with E-state index in [0.717, 1.165) is 24.5 Å². The summed E-state index contributed by atoms with van der Waals surface area (Å²) in [5.41, 5.74) is -1.77. The van der Waals surface area contributed by atoms with Crippen LogP contribution in [0.1, 0.15) is 22.8 Å². The number of pyridine rings is 1. The van der Waals surface area contributed by atoms with Crippen LogP contribution in [0.15, 0.2) is 41.1 Å². The molecule has 20 heavy (non-hydrogen) atoms. The zero-order chi connectivity index (χ0) is 14.9. The van der Waals surface area contributed by atoms with Crippen LogP contribution in [-0.4, -0.2) is 10.1 Å². The maximum Gasteiger partial charge on any atom is 0.416 e. The Balaban J connectivity index is 2.51. The van der Waals surface area contributed by atoms with Crippen LogP contribution in [0.4, 0.5) is 17.6 Å². The minimum absolute atomic E-state index is 0.244. The van der Waals surface area contributed by atoms with E-state index >= 15 is 0 Å². The maximum atomic E-state index is 13.7. The van der Waals surface area contributed by atoms with Crippen LogP contribution in [0.5, 0.6) is 0 Å². The van der Waals surface area contributed by atoms with E-state index in [1.54, 1.807) is 0 Å². The van der Waals surface area contributed by atoms with Gasteiger partial charge in [-0.25, -0.2) is 4.39 Å². The van der Waals surface area contributed by atoms with E-state index in [1.807, 2.05) is 0 Å². The second-order valence-electron chi connectivity index (χ2n) is 4.03. The van der Waals surface area contributed by atoms with E-state index in [-0.39, 0.29) is 5.56 Å². The molecular weight excluding hydrogens is 342 g/mol. The zero-order valence-electron chi connectivity index (χ0n) is 9.83. The number of rotatable bonds is 2. The Hall–Kier alpha value is -1.47. The van der Waals surface area contributed by atoms with E-state index in [2.05, 4.69) is 20.9 Å². The lowest BCUT2D eigenvalue weighted by molar-refractivity contribution is -0.139. The predicted molar refractivity (Wildman–Crippen MR) is 67.4 cm³/mol. The summed E-state index contributed by atoms with van der Waals surface area (Å²) in [6.07, 6.45) is -4.54. The first-order chi connectivity index (χ1) is 9.30. The molecule has 1 aromatic carbocycles. The van der Waals surface area contributed by atoms with Crippen LogP contribution in [0.2, 0.25) is 0 Å². The Morgan fingerprint density at radius 1 is 1.15 bits per heavy atom. The number of aromatic nitrogens is 1. The molecule has 7 heteroatoms. The highest BCUT2D eigenvalue weighted by Gasteiger charge is 2.35. The standard InChI is InChI=1S/C13H8BrF4NO/c14-7-1-2-8(11(15)5-7)12(20)9-6-19-4-3-10(9)13(16,17)18/h1-6,12,20H. The molecule has 0 saturated heterocycles. The summed E-state index contributed by atoms with van der Waals surface area (Å²) in [7, 11) is 0. The molecule has 0 amide bonds. The molecule has 0 aliphatic carbocycles. The highest BCUT2D eigenvalue weighted by atomic mass is 79.9. The van der Waals surface area contributed by atoms with E-state index < -0.39 is 29.2 Å². The molecule has 0 spiro atoms. The molecule has 2 nitrogen and oxygen atoms in total. The fourth-order valence-corrected chi connectivity index (χ4v) is 2.11. The Kier molecular flexibility index (Phi) is 4.10.